The minimum absolute atomic E-state index is 0.634. The molecule has 2 heterocycles. The Balaban J connectivity index is 1.50. The third-order valence-electron chi connectivity index (χ3n) is 5.57. The molecule has 4 heteroatoms. The molecule has 1 N–H and O–H groups in total. The Morgan fingerprint density at radius 2 is 2.00 bits per heavy atom. The number of nitrogens with zero attached hydrogens (tertiary/aromatic N) is 3. The Bertz CT molecular complexity index is 528. The second-order valence-corrected chi connectivity index (χ2v) is 7.17. The van der Waals surface area contributed by atoms with Gasteiger partial charge in [-0.25, -0.2) is 0 Å². The van der Waals surface area contributed by atoms with Gasteiger partial charge in [0.1, 0.15) is 0 Å². The Kier molecular flexibility index (Phi) is 6.13. The van der Waals surface area contributed by atoms with Gasteiger partial charge >= 0.3 is 0 Å². The van der Waals surface area contributed by atoms with Gasteiger partial charge in [-0.3, -0.25) is 4.99 Å². The first-order chi connectivity index (χ1) is 11.8. The zero-order valence-electron chi connectivity index (χ0n) is 15.2. The van der Waals surface area contributed by atoms with Crippen molar-refractivity contribution in [1.82, 2.24) is 15.1 Å². The molecule has 2 aliphatic rings. The first-order valence-electron chi connectivity index (χ1n) is 9.53. The van der Waals surface area contributed by atoms with Crippen LogP contribution in [-0.4, -0.2) is 62.1 Å². The smallest absolute Gasteiger partial charge is 0.193 e. The van der Waals surface area contributed by atoms with E-state index >= 15 is 0 Å². The summed E-state index contributed by atoms with van der Waals surface area (Å²) < 4.78 is 0. The summed E-state index contributed by atoms with van der Waals surface area (Å²) >= 11 is 0. The van der Waals surface area contributed by atoms with Crippen LogP contribution in [0.4, 0.5) is 0 Å². The molecule has 0 amide bonds. The Labute approximate surface area is 146 Å². The number of hydrogen-bond donors (Lipinski definition) is 1. The van der Waals surface area contributed by atoms with Crippen molar-refractivity contribution in [2.75, 3.05) is 46.3 Å². The molecule has 2 fully saturated rings. The highest BCUT2D eigenvalue weighted by atomic mass is 15.3. The maximum Gasteiger partial charge on any atom is 0.193 e. The number of benzene rings is 1. The first-order valence-corrected chi connectivity index (χ1v) is 9.53. The number of guanidine groups is 1. The van der Waals surface area contributed by atoms with Crippen molar-refractivity contribution in [2.24, 2.45) is 10.9 Å². The third kappa shape index (κ3) is 4.29. The molecule has 0 radical (unpaired) electrons. The molecule has 3 rings (SSSR count). The lowest BCUT2D eigenvalue weighted by molar-refractivity contribution is 0.183. The molecule has 1 aromatic rings. The van der Waals surface area contributed by atoms with Crippen molar-refractivity contribution in [3.8, 4) is 0 Å². The molecular weight excluding hydrogens is 296 g/mol. The van der Waals surface area contributed by atoms with Crippen molar-refractivity contribution >= 4 is 5.96 Å². The predicted molar refractivity (Wildman–Crippen MR) is 102 cm³/mol. The summed E-state index contributed by atoms with van der Waals surface area (Å²) in [6.07, 6.45) is 3.89. The summed E-state index contributed by atoms with van der Waals surface area (Å²) in [4.78, 5) is 9.54. The lowest BCUT2D eigenvalue weighted by atomic mass is 9.98. The van der Waals surface area contributed by atoms with Crippen LogP contribution in [0.2, 0.25) is 0 Å². The SMILES string of the molecule is CCN1CCCC(CNC(=NC)N2CCC(c3ccccc3)C2)C1. The second kappa shape index (κ2) is 8.52. The van der Waals surface area contributed by atoms with Gasteiger partial charge in [-0.1, -0.05) is 37.3 Å². The predicted octanol–water partition coefficient (Wildman–Crippen LogP) is 2.78. The minimum Gasteiger partial charge on any atom is -0.356 e. The number of piperidine rings is 1. The fourth-order valence-corrected chi connectivity index (χ4v) is 4.12. The quantitative estimate of drug-likeness (QED) is 0.681. The number of aliphatic imine (C=N–C) groups is 1. The molecule has 132 valence electrons. The lowest BCUT2D eigenvalue weighted by Gasteiger charge is -2.33. The fourth-order valence-electron chi connectivity index (χ4n) is 4.12. The lowest BCUT2D eigenvalue weighted by Crippen LogP contribution is -2.45. The standard InChI is InChI=1S/C20H32N4/c1-3-23-12-7-8-17(15-23)14-22-20(21-2)24-13-11-19(16-24)18-9-5-4-6-10-18/h4-6,9-10,17,19H,3,7-8,11-16H2,1-2H3,(H,21,22). The van der Waals surface area contributed by atoms with E-state index in [4.69, 9.17) is 0 Å². The highest BCUT2D eigenvalue weighted by Gasteiger charge is 2.26. The van der Waals surface area contributed by atoms with Crippen molar-refractivity contribution < 1.29 is 0 Å². The largest absolute Gasteiger partial charge is 0.356 e. The monoisotopic (exact) mass is 328 g/mol. The van der Waals surface area contributed by atoms with Crippen LogP contribution in [0.3, 0.4) is 0 Å². The van der Waals surface area contributed by atoms with Crippen LogP contribution in [0, 0.1) is 5.92 Å². The molecule has 2 atom stereocenters. The zero-order chi connectivity index (χ0) is 16.8. The van der Waals surface area contributed by atoms with Crippen molar-refractivity contribution in [2.45, 2.75) is 32.1 Å². The average molecular weight is 329 g/mol. The van der Waals surface area contributed by atoms with Gasteiger partial charge in [-0.05, 0) is 43.8 Å². The Morgan fingerprint density at radius 3 is 2.75 bits per heavy atom. The summed E-state index contributed by atoms with van der Waals surface area (Å²) in [5.41, 5.74) is 1.46. The Hall–Kier alpha value is -1.55. The van der Waals surface area contributed by atoms with E-state index in [1.165, 1.54) is 44.5 Å². The van der Waals surface area contributed by atoms with Crippen molar-refractivity contribution in [1.29, 1.82) is 0 Å². The highest BCUT2D eigenvalue weighted by Crippen LogP contribution is 2.27. The summed E-state index contributed by atoms with van der Waals surface area (Å²) in [5.74, 6) is 2.47. The summed E-state index contributed by atoms with van der Waals surface area (Å²) in [6.45, 7) is 9.18. The van der Waals surface area contributed by atoms with E-state index in [2.05, 4.69) is 57.4 Å². The van der Waals surface area contributed by atoms with Gasteiger partial charge in [0.05, 0.1) is 0 Å². The molecule has 0 aromatic heterocycles. The molecule has 2 aliphatic heterocycles. The number of rotatable bonds is 4. The van der Waals surface area contributed by atoms with Crippen LogP contribution in [0.25, 0.3) is 0 Å². The van der Waals surface area contributed by atoms with Gasteiger partial charge in [0.15, 0.2) is 5.96 Å². The third-order valence-corrected chi connectivity index (χ3v) is 5.57. The van der Waals surface area contributed by atoms with E-state index < -0.39 is 0 Å². The van der Waals surface area contributed by atoms with Gasteiger partial charge in [0, 0.05) is 39.1 Å². The van der Waals surface area contributed by atoms with E-state index in [1.807, 2.05) is 7.05 Å². The minimum atomic E-state index is 0.634. The highest BCUT2D eigenvalue weighted by molar-refractivity contribution is 5.80. The van der Waals surface area contributed by atoms with Crippen LogP contribution in [0.5, 0.6) is 0 Å². The molecule has 1 aromatic carbocycles. The number of nitrogens with one attached hydrogen (secondary N) is 1. The Morgan fingerprint density at radius 1 is 1.17 bits per heavy atom. The molecule has 0 bridgehead atoms. The molecule has 2 saturated heterocycles. The van der Waals surface area contributed by atoms with Gasteiger partial charge in [0.2, 0.25) is 0 Å². The molecule has 0 aliphatic carbocycles. The van der Waals surface area contributed by atoms with Gasteiger partial charge < -0.3 is 15.1 Å². The maximum absolute atomic E-state index is 4.54. The van der Waals surface area contributed by atoms with Gasteiger partial charge in [0.25, 0.3) is 0 Å². The normalized spacial score (nSPS) is 25.9. The average Bonchev–Trinajstić information content (AvgIpc) is 3.13. The molecule has 2 unspecified atom stereocenters. The summed E-state index contributed by atoms with van der Waals surface area (Å²) in [7, 11) is 1.91. The van der Waals surface area contributed by atoms with E-state index in [1.54, 1.807) is 0 Å². The van der Waals surface area contributed by atoms with Crippen molar-refractivity contribution in [3.05, 3.63) is 35.9 Å². The zero-order valence-corrected chi connectivity index (χ0v) is 15.2. The molecule has 0 spiro atoms. The number of hydrogen-bond acceptors (Lipinski definition) is 2. The summed E-state index contributed by atoms with van der Waals surface area (Å²) in [5, 5.41) is 3.65. The fraction of sp³-hybridized carbons (Fsp3) is 0.650. The van der Waals surface area contributed by atoms with Crippen LogP contribution in [0.1, 0.15) is 37.7 Å². The van der Waals surface area contributed by atoms with E-state index in [0.29, 0.717) is 5.92 Å². The van der Waals surface area contributed by atoms with Gasteiger partial charge in [-0.15, -0.1) is 0 Å². The van der Waals surface area contributed by atoms with Crippen LogP contribution in [-0.2, 0) is 0 Å². The van der Waals surface area contributed by atoms with Crippen molar-refractivity contribution in [3.63, 3.8) is 0 Å². The van der Waals surface area contributed by atoms with Crippen LogP contribution >= 0.6 is 0 Å². The second-order valence-electron chi connectivity index (χ2n) is 7.17. The maximum atomic E-state index is 4.54. The van der Waals surface area contributed by atoms with E-state index in [0.717, 1.165) is 31.5 Å². The molecular formula is C20H32N4. The van der Waals surface area contributed by atoms with E-state index in [9.17, 15) is 0 Å². The van der Waals surface area contributed by atoms with E-state index in [-0.39, 0.29) is 0 Å². The van der Waals surface area contributed by atoms with Crippen LogP contribution < -0.4 is 5.32 Å². The summed E-state index contributed by atoms with van der Waals surface area (Å²) in [6, 6.07) is 10.9. The molecule has 24 heavy (non-hydrogen) atoms. The number of likely N-dealkylation sites (tertiary alicyclic amines) is 2. The molecule has 4 nitrogen and oxygen atoms in total. The first kappa shape index (κ1) is 17.3. The topological polar surface area (TPSA) is 30.9 Å². The van der Waals surface area contributed by atoms with Gasteiger partial charge in [-0.2, -0.15) is 0 Å². The molecule has 0 saturated carbocycles. The van der Waals surface area contributed by atoms with Crippen LogP contribution in [0.15, 0.2) is 35.3 Å².